The molecular formula is C23H29N5O. The first kappa shape index (κ1) is 19.5. The number of likely N-dealkylation sites (N-methyl/N-ethyl adjacent to an activating group) is 1. The number of aromatic hydroxyl groups is 1. The quantitative estimate of drug-likeness (QED) is 0.704. The summed E-state index contributed by atoms with van der Waals surface area (Å²) in [5.41, 5.74) is 3.52. The first-order valence-electron chi connectivity index (χ1n) is 10.1. The van der Waals surface area contributed by atoms with E-state index in [4.69, 9.17) is 0 Å². The molecular weight excluding hydrogens is 362 g/mol. The first-order valence-corrected chi connectivity index (χ1v) is 10.1. The Kier molecular flexibility index (Phi) is 5.28. The Hall–Kier alpha value is -2.86. The average Bonchev–Trinajstić information content (AvgIpc) is 2.68. The molecule has 1 saturated heterocycles. The molecule has 1 aromatic heterocycles. The van der Waals surface area contributed by atoms with Crippen LogP contribution in [0, 0.1) is 6.92 Å². The minimum absolute atomic E-state index is 0.229. The lowest BCUT2D eigenvalue weighted by Gasteiger charge is -2.30. The summed E-state index contributed by atoms with van der Waals surface area (Å²) in [6, 6.07) is 12.3. The highest BCUT2D eigenvalue weighted by atomic mass is 16.3. The number of rotatable bonds is 4. The van der Waals surface area contributed by atoms with Gasteiger partial charge in [0.05, 0.1) is 0 Å². The van der Waals surface area contributed by atoms with E-state index < -0.39 is 0 Å². The third-order valence-electron chi connectivity index (χ3n) is 5.65. The van der Waals surface area contributed by atoms with Gasteiger partial charge in [-0.1, -0.05) is 6.07 Å². The molecule has 0 spiro atoms. The SMILES string of the molecule is Cc1ccc(-c2nnc(NC3CCCN(C)C3)c3cc(N(C)C)ccc23)c(O)c1. The van der Waals surface area contributed by atoms with Crippen molar-refractivity contribution in [2.45, 2.75) is 25.8 Å². The molecule has 6 heteroatoms. The molecule has 1 aliphatic rings. The minimum Gasteiger partial charge on any atom is -0.507 e. The van der Waals surface area contributed by atoms with E-state index in [2.05, 4.69) is 50.6 Å². The second-order valence-corrected chi connectivity index (χ2v) is 8.29. The zero-order chi connectivity index (χ0) is 20.5. The van der Waals surface area contributed by atoms with E-state index in [1.165, 1.54) is 6.42 Å². The van der Waals surface area contributed by atoms with Gasteiger partial charge in [0, 0.05) is 48.7 Å². The van der Waals surface area contributed by atoms with Crippen LogP contribution in [0.4, 0.5) is 11.5 Å². The molecule has 0 amide bonds. The number of fused-ring (bicyclic) bond motifs is 1. The lowest BCUT2D eigenvalue weighted by Crippen LogP contribution is -2.40. The van der Waals surface area contributed by atoms with Gasteiger partial charge in [-0.3, -0.25) is 0 Å². The lowest BCUT2D eigenvalue weighted by molar-refractivity contribution is 0.261. The topological polar surface area (TPSA) is 64.5 Å². The molecule has 152 valence electrons. The van der Waals surface area contributed by atoms with Crippen LogP contribution in [0.5, 0.6) is 5.75 Å². The predicted molar refractivity (Wildman–Crippen MR) is 120 cm³/mol. The third-order valence-corrected chi connectivity index (χ3v) is 5.65. The number of likely N-dealkylation sites (tertiary alicyclic amines) is 1. The van der Waals surface area contributed by atoms with Crippen LogP contribution < -0.4 is 10.2 Å². The first-order chi connectivity index (χ1) is 13.9. The second kappa shape index (κ2) is 7.87. The largest absolute Gasteiger partial charge is 0.507 e. The number of phenolic OH excluding ortho intramolecular Hbond substituents is 1. The number of aromatic nitrogens is 2. The zero-order valence-corrected chi connectivity index (χ0v) is 17.6. The van der Waals surface area contributed by atoms with Crippen molar-refractivity contribution in [1.29, 1.82) is 0 Å². The highest BCUT2D eigenvalue weighted by Crippen LogP contribution is 2.36. The molecule has 6 nitrogen and oxygen atoms in total. The summed E-state index contributed by atoms with van der Waals surface area (Å²) < 4.78 is 0. The molecule has 4 rings (SSSR count). The second-order valence-electron chi connectivity index (χ2n) is 8.29. The molecule has 2 N–H and O–H groups in total. The van der Waals surface area contributed by atoms with Gasteiger partial charge in [-0.05, 0) is 69.3 Å². The van der Waals surface area contributed by atoms with Crippen LogP contribution in [0.15, 0.2) is 36.4 Å². The number of piperidine rings is 1. The van der Waals surface area contributed by atoms with E-state index in [1.54, 1.807) is 6.07 Å². The molecule has 0 saturated carbocycles. The summed E-state index contributed by atoms with van der Waals surface area (Å²) in [7, 11) is 6.22. The van der Waals surface area contributed by atoms with Gasteiger partial charge in [0.2, 0.25) is 0 Å². The van der Waals surface area contributed by atoms with Crippen molar-refractivity contribution in [2.75, 3.05) is 44.4 Å². The lowest BCUT2D eigenvalue weighted by atomic mass is 10.0. The Morgan fingerprint density at radius 1 is 1.10 bits per heavy atom. The number of aryl methyl sites for hydroxylation is 1. The smallest absolute Gasteiger partial charge is 0.156 e. The number of hydrogen-bond donors (Lipinski definition) is 2. The maximum Gasteiger partial charge on any atom is 0.156 e. The van der Waals surface area contributed by atoms with E-state index in [0.717, 1.165) is 47.4 Å². The van der Waals surface area contributed by atoms with Gasteiger partial charge >= 0.3 is 0 Å². The maximum absolute atomic E-state index is 10.5. The average molecular weight is 392 g/mol. The number of phenols is 1. The maximum atomic E-state index is 10.5. The van der Waals surface area contributed by atoms with Crippen LogP contribution in [0.2, 0.25) is 0 Å². The van der Waals surface area contributed by atoms with Crippen LogP contribution in [0.1, 0.15) is 18.4 Å². The highest BCUT2D eigenvalue weighted by molar-refractivity contribution is 6.02. The van der Waals surface area contributed by atoms with Crippen LogP contribution in [0.25, 0.3) is 22.0 Å². The fourth-order valence-electron chi connectivity index (χ4n) is 4.05. The predicted octanol–water partition coefficient (Wildman–Crippen LogP) is 3.88. The van der Waals surface area contributed by atoms with Crippen molar-refractivity contribution < 1.29 is 5.11 Å². The van der Waals surface area contributed by atoms with Gasteiger partial charge in [-0.15, -0.1) is 10.2 Å². The van der Waals surface area contributed by atoms with Crippen molar-refractivity contribution in [3.63, 3.8) is 0 Å². The summed E-state index contributed by atoms with van der Waals surface area (Å²) in [4.78, 5) is 4.43. The van der Waals surface area contributed by atoms with Crippen LogP contribution in [-0.2, 0) is 0 Å². The van der Waals surface area contributed by atoms with Gasteiger partial charge in [0.1, 0.15) is 11.4 Å². The summed E-state index contributed by atoms with van der Waals surface area (Å²) in [5.74, 6) is 1.03. The molecule has 1 aliphatic heterocycles. The van der Waals surface area contributed by atoms with Gasteiger partial charge in [0.15, 0.2) is 5.82 Å². The highest BCUT2D eigenvalue weighted by Gasteiger charge is 2.20. The molecule has 1 fully saturated rings. The van der Waals surface area contributed by atoms with E-state index in [0.29, 0.717) is 17.3 Å². The van der Waals surface area contributed by atoms with Crippen LogP contribution in [0.3, 0.4) is 0 Å². The molecule has 2 heterocycles. The number of benzene rings is 2. The summed E-state index contributed by atoms with van der Waals surface area (Å²) in [5, 5.41) is 25.2. The number of nitrogens with zero attached hydrogens (tertiary/aromatic N) is 4. The van der Waals surface area contributed by atoms with E-state index in [9.17, 15) is 5.11 Å². The Morgan fingerprint density at radius 3 is 2.66 bits per heavy atom. The van der Waals surface area contributed by atoms with Crippen molar-refractivity contribution in [3.05, 3.63) is 42.0 Å². The molecule has 1 atom stereocenters. The molecule has 2 aromatic carbocycles. The Balaban J connectivity index is 1.83. The molecule has 0 aliphatic carbocycles. The Morgan fingerprint density at radius 2 is 1.93 bits per heavy atom. The standard InChI is InChI=1S/C23H29N5O/c1-15-7-9-19(21(29)12-15)22-18-10-8-17(27(2)3)13-20(18)23(26-25-22)24-16-6-5-11-28(4)14-16/h7-10,12-13,16,29H,5-6,11,14H2,1-4H3,(H,24,26). The summed E-state index contributed by atoms with van der Waals surface area (Å²) >= 11 is 0. The number of nitrogens with one attached hydrogen (secondary N) is 1. The molecule has 3 aromatic rings. The van der Waals surface area contributed by atoms with Gasteiger partial charge in [0.25, 0.3) is 0 Å². The van der Waals surface area contributed by atoms with Crippen molar-refractivity contribution in [1.82, 2.24) is 15.1 Å². The van der Waals surface area contributed by atoms with Crippen LogP contribution in [-0.4, -0.2) is 60.5 Å². The molecule has 1 unspecified atom stereocenters. The molecule has 29 heavy (non-hydrogen) atoms. The zero-order valence-electron chi connectivity index (χ0n) is 17.6. The summed E-state index contributed by atoms with van der Waals surface area (Å²) in [6.07, 6.45) is 2.30. The summed E-state index contributed by atoms with van der Waals surface area (Å²) in [6.45, 7) is 4.10. The number of hydrogen-bond acceptors (Lipinski definition) is 6. The van der Waals surface area contributed by atoms with E-state index in [-0.39, 0.29) is 5.75 Å². The Labute approximate surface area is 172 Å². The monoisotopic (exact) mass is 391 g/mol. The van der Waals surface area contributed by atoms with Crippen molar-refractivity contribution in [3.8, 4) is 17.0 Å². The normalized spacial score (nSPS) is 17.4. The van der Waals surface area contributed by atoms with Gasteiger partial charge in [-0.25, -0.2) is 0 Å². The minimum atomic E-state index is 0.229. The van der Waals surface area contributed by atoms with Crippen molar-refractivity contribution >= 4 is 22.3 Å². The van der Waals surface area contributed by atoms with Gasteiger partial charge in [-0.2, -0.15) is 0 Å². The third kappa shape index (κ3) is 3.98. The van der Waals surface area contributed by atoms with Gasteiger partial charge < -0.3 is 20.2 Å². The fourth-order valence-corrected chi connectivity index (χ4v) is 4.05. The molecule has 0 radical (unpaired) electrons. The van der Waals surface area contributed by atoms with E-state index >= 15 is 0 Å². The molecule has 0 bridgehead atoms. The van der Waals surface area contributed by atoms with E-state index in [1.807, 2.05) is 33.2 Å². The van der Waals surface area contributed by atoms with Crippen LogP contribution >= 0.6 is 0 Å². The fraction of sp³-hybridized carbons (Fsp3) is 0.391. The Bertz CT molecular complexity index is 1030. The number of anilines is 2. The van der Waals surface area contributed by atoms with Crippen molar-refractivity contribution in [2.24, 2.45) is 0 Å².